The molecule has 0 bridgehead atoms. The molecule has 2 rings (SSSR count). The molecule has 0 fully saturated rings. The largest absolute Gasteiger partial charge is 0.444 e. The van der Waals surface area contributed by atoms with Crippen molar-refractivity contribution in [2.24, 2.45) is 0 Å². The normalized spacial score (nSPS) is 11.2. The van der Waals surface area contributed by atoms with Gasteiger partial charge in [-0.05, 0) is 39.0 Å². The first-order valence-corrected chi connectivity index (χ1v) is 6.73. The Bertz CT molecular complexity index is 661. The van der Waals surface area contributed by atoms with Gasteiger partial charge in [0.05, 0.1) is 10.7 Å². The lowest BCUT2D eigenvalue weighted by Crippen LogP contribution is -2.27. The number of nitrogen functional groups attached to an aromatic ring is 1. The van der Waals surface area contributed by atoms with Crippen LogP contribution in [-0.4, -0.2) is 21.9 Å². The quantitative estimate of drug-likeness (QED) is 0.789. The van der Waals surface area contributed by atoms with Gasteiger partial charge in [0.25, 0.3) is 0 Å². The summed E-state index contributed by atoms with van der Waals surface area (Å²) >= 11 is 6.15. The van der Waals surface area contributed by atoms with E-state index in [1.807, 2.05) is 0 Å². The van der Waals surface area contributed by atoms with E-state index < -0.39 is 11.7 Å². The Labute approximate surface area is 127 Å². The fourth-order valence-electron chi connectivity index (χ4n) is 1.71. The number of nitrogens with two attached hydrogens (primary N) is 1. The molecule has 0 saturated heterocycles. The number of halogens is 1. The number of carbonyl (C=O) groups excluding carboxylic acids is 1. The number of hydrogen-bond donors (Lipinski definition) is 3. The molecule has 0 aliphatic rings. The average Bonchev–Trinajstić information content (AvgIpc) is 2.76. The molecule has 1 aromatic carbocycles. The predicted molar refractivity (Wildman–Crippen MR) is 83.3 cm³/mol. The number of nitrogens with one attached hydrogen (secondary N) is 2. The van der Waals surface area contributed by atoms with Crippen molar-refractivity contribution in [1.29, 1.82) is 0 Å². The SMILES string of the molecule is CC(C)(C)OC(=O)Nc1ccc(Cl)c(-c2cc(N)n[nH]2)c1. The molecule has 7 heteroatoms. The molecular weight excluding hydrogens is 292 g/mol. The summed E-state index contributed by atoms with van der Waals surface area (Å²) in [6, 6.07) is 6.76. The number of nitrogens with zero attached hydrogens (tertiary/aromatic N) is 1. The van der Waals surface area contributed by atoms with Gasteiger partial charge in [-0.25, -0.2) is 4.79 Å². The third kappa shape index (κ3) is 4.13. The third-order valence-electron chi connectivity index (χ3n) is 2.50. The van der Waals surface area contributed by atoms with Gasteiger partial charge in [-0.3, -0.25) is 10.4 Å². The molecule has 0 radical (unpaired) electrons. The Kier molecular flexibility index (Phi) is 4.09. The highest BCUT2D eigenvalue weighted by molar-refractivity contribution is 6.33. The summed E-state index contributed by atoms with van der Waals surface area (Å²) in [6.07, 6.45) is -0.528. The number of aromatic nitrogens is 2. The smallest absolute Gasteiger partial charge is 0.412 e. The Balaban J connectivity index is 2.21. The van der Waals surface area contributed by atoms with Gasteiger partial charge in [0.2, 0.25) is 0 Å². The highest BCUT2D eigenvalue weighted by Crippen LogP contribution is 2.30. The van der Waals surface area contributed by atoms with Crippen molar-refractivity contribution in [3.05, 3.63) is 29.3 Å². The van der Waals surface area contributed by atoms with Crippen molar-refractivity contribution in [3.63, 3.8) is 0 Å². The summed E-state index contributed by atoms with van der Waals surface area (Å²) in [7, 11) is 0. The van der Waals surface area contributed by atoms with Gasteiger partial charge in [-0.15, -0.1) is 0 Å². The van der Waals surface area contributed by atoms with Crippen molar-refractivity contribution in [3.8, 4) is 11.3 Å². The Hall–Kier alpha value is -2.21. The number of H-pyrrole nitrogens is 1. The fraction of sp³-hybridized carbons (Fsp3) is 0.286. The van der Waals surface area contributed by atoms with Gasteiger partial charge < -0.3 is 10.5 Å². The van der Waals surface area contributed by atoms with Crippen LogP contribution in [0.15, 0.2) is 24.3 Å². The van der Waals surface area contributed by atoms with Gasteiger partial charge in [0.15, 0.2) is 0 Å². The number of benzene rings is 1. The minimum atomic E-state index is -0.558. The maximum absolute atomic E-state index is 11.8. The van der Waals surface area contributed by atoms with Crippen LogP contribution >= 0.6 is 11.6 Å². The number of ether oxygens (including phenoxy) is 1. The lowest BCUT2D eigenvalue weighted by molar-refractivity contribution is 0.0636. The van der Waals surface area contributed by atoms with Crippen LogP contribution in [0, 0.1) is 0 Å². The molecule has 1 amide bonds. The lowest BCUT2D eigenvalue weighted by atomic mass is 10.1. The third-order valence-corrected chi connectivity index (χ3v) is 2.83. The van der Waals surface area contributed by atoms with Crippen LogP contribution in [0.5, 0.6) is 0 Å². The molecule has 1 aromatic heterocycles. The zero-order chi connectivity index (χ0) is 15.6. The summed E-state index contributed by atoms with van der Waals surface area (Å²) < 4.78 is 5.20. The zero-order valence-corrected chi connectivity index (χ0v) is 12.8. The van der Waals surface area contributed by atoms with E-state index in [2.05, 4.69) is 15.5 Å². The maximum Gasteiger partial charge on any atom is 0.412 e. The van der Waals surface area contributed by atoms with Crippen molar-refractivity contribution in [2.75, 3.05) is 11.1 Å². The van der Waals surface area contributed by atoms with Crippen LogP contribution in [0.2, 0.25) is 5.02 Å². The van der Waals surface area contributed by atoms with E-state index in [-0.39, 0.29) is 0 Å². The van der Waals surface area contributed by atoms with Crippen LogP contribution in [0.1, 0.15) is 20.8 Å². The zero-order valence-electron chi connectivity index (χ0n) is 12.0. The van der Waals surface area contributed by atoms with E-state index in [9.17, 15) is 4.79 Å². The molecule has 6 nitrogen and oxygen atoms in total. The number of amides is 1. The Morgan fingerprint density at radius 2 is 2.10 bits per heavy atom. The maximum atomic E-state index is 11.8. The molecule has 0 spiro atoms. The molecule has 0 atom stereocenters. The van der Waals surface area contributed by atoms with E-state index in [4.69, 9.17) is 22.1 Å². The second kappa shape index (κ2) is 5.65. The van der Waals surface area contributed by atoms with Gasteiger partial charge in [-0.1, -0.05) is 11.6 Å². The second-order valence-electron chi connectivity index (χ2n) is 5.53. The van der Waals surface area contributed by atoms with Crippen molar-refractivity contribution in [2.45, 2.75) is 26.4 Å². The monoisotopic (exact) mass is 308 g/mol. The lowest BCUT2D eigenvalue weighted by Gasteiger charge is -2.19. The topological polar surface area (TPSA) is 93.0 Å². The Morgan fingerprint density at radius 3 is 2.67 bits per heavy atom. The van der Waals surface area contributed by atoms with E-state index in [0.717, 1.165) is 0 Å². The Morgan fingerprint density at radius 1 is 1.38 bits per heavy atom. The highest BCUT2D eigenvalue weighted by Gasteiger charge is 2.17. The van der Waals surface area contributed by atoms with E-state index in [1.165, 1.54) is 0 Å². The molecule has 112 valence electrons. The van der Waals surface area contributed by atoms with Gasteiger partial charge >= 0.3 is 6.09 Å². The van der Waals surface area contributed by atoms with Crippen LogP contribution in [0.4, 0.5) is 16.3 Å². The minimum absolute atomic E-state index is 0.367. The first kappa shape index (κ1) is 15.2. The number of rotatable bonds is 2. The number of anilines is 2. The van der Waals surface area contributed by atoms with E-state index >= 15 is 0 Å². The number of carbonyl (C=O) groups is 1. The predicted octanol–water partition coefficient (Wildman–Crippen LogP) is 3.66. The first-order chi connectivity index (χ1) is 9.74. The molecule has 4 N–H and O–H groups in total. The first-order valence-electron chi connectivity index (χ1n) is 6.35. The van der Waals surface area contributed by atoms with E-state index in [0.29, 0.717) is 27.8 Å². The summed E-state index contributed by atoms with van der Waals surface area (Å²) in [4.78, 5) is 11.8. The standard InChI is InChI=1S/C14H17ClN4O2/c1-14(2,3)21-13(20)17-8-4-5-10(15)9(6-8)11-7-12(16)19-18-11/h4-7H,1-3H3,(H,17,20)(H3,16,18,19). The number of hydrogen-bond acceptors (Lipinski definition) is 4. The van der Waals surface area contributed by atoms with Crippen molar-refractivity contribution >= 4 is 29.2 Å². The summed E-state index contributed by atoms with van der Waals surface area (Å²) in [6.45, 7) is 5.40. The van der Waals surface area contributed by atoms with Gasteiger partial charge in [0.1, 0.15) is 11.4 Å². The molecule has 2 aromatic rings. The fourth-order valence-corrected chi connectivity index (χ4v) is 1.93. The molecule has 1 heterocycles. The average molecular weight is 309 g/mol. The second-order valence-corrected chi connectivity index (χ2v) is 5.94. The molecule has 0 aliphatic heterocycles. The van der Waals surface area contributed by atoms with E-state index in [1.54, 1.807) is 45.0 Å². The molecule has 21 heavy (non-hydrogen) atoms. The summed E-state index contributed by atoms with van der Waals surface area (Å²) in [5.41, 5.74) is 6.95. The molecule has 0 aliphatic carbocycles. The highest BCUT2D eigenvalue weighted by atomic mass is 35.5. The summed E-state index contributed by atoms with van der Waals surface area (Å²) in [5, 5.41) is 9.81. The molecule has 0 saturated carbocycles. The molecular formula is C14H17ClN4O2. The molecule has 0 unspecified atom stereocenters. The van der Waals surface area contributed by atoms with Crippen LogP contribution in [0.25, 0.3) is 11.3 Å². The van der Waals surface area contributed by atoms with Crippen molar-refractivity contribution < 1.29 is 9.53 Å². The van der Waals surface area contributed by atoms with Gasteiger partial charge in [-0.2, -0.15) is 5.10 Å². The summed E-state index contributed by atoms with van der Waals surface area (Å²) in [5.74, 6) is 0.367. The van der Waals surface area contributed by atoms with Crippen molar-refractivity contribution in [1.82, 2.24) is 10.2 Å². The van der Waals surface area contributed by atoms with Crippen LogP contribution in [-0.2, 0) is 4.74 Å². The van der Waals surface area contributed by atoms with Crippen LogP contribution in [0.3, 0.4) is 0 Å². The number of aromatic amines is 1. The minimum Gasteiger partial charge on any atom is -0.444 e. The van der Waals surface area contributed by atoms with Crippen LogP contribution < -0.4 is 11.1 Å². The van der Waals surface area contributed by atoms with Gasteiger partial charge in [0, 0.05) is 17.3 Å².